The van der Waals surface area contributed by atoms with Crippen molar-refractivity contribution in [3.8, 4) is 0 Å². The summed E-state index contributed by atoms with van der Waals surface area (Å²) in [5.41, 5.74) is 0.761. The van der Waals surface area contributed by atoms with E-state index in [0.717, 1.165) is 5.56 Å². The number of carbonyl (C=O) groups excluding carboxylic acids is 2. The van der Waals surface area contributed by atoms with Crippen molar-refractivity contribution in [3.05, 3.63) is 34.3 Å². The van der Waals surface area contributed by atoms with E-state index < -0.39 is 11.6 Å². The third-order valence-corrected chi connectivity index (χ3v) is 4.22. The number of carbonyl (C=O) groups is 2. The number of rotatable bonds is 2. The lowest BCUT2D eigenvalue weighted by Crippen LogP contribution is -2.39. The summed E-state index contributed by atoms with van der Waals surface area (Å²) in [5, 5.41) is 3.67. The van der Waals surface area contributed by atoms with E-state index in [2.05, 4.69) is 5.32 Å². The van der Waals surface area contributed by atoms with Gasteiger partial charge >= 0.3 is 12.1 Å². The topological polar surface area (TPSA) is 67.9 Å². The highest BCUT2D eigenvalue weighted by Gasteiger charge is 2.27. The fourth-order valence-corrected chi connectivity index (χ4v) is 2.95. The average Bonchev–Trinajstić information content (AvgIpc) is 2.78. The van der Waals surface area contributed by atoms with E-state index in [1.807, 2.05) is 26.8 Å². The standard InChI is InChI=1S/C18H25ClN2O4/c1-18(2,3)25-17(23)21-8-7-20-10-13(11-21)12-5-6-14(15(19)9-12)16(22)24-4/h5-6,9,13,20H,7-8,10-11H2,1-4H3. The minimum Gasteiger partial charge on any atom is -0.465 e. The molecule has 0 aliphatic carbocycles. The van der Waals surface area contributed by atoms with Crippen LogP contribution in [0.15, 0.2) is 18.2 Å². The predicted octanol–water partition coefficient (Wildman–Crippen LogP) is 3.05. The SMILES string of the molecule is COC(=O)c1ccc(C2CNCCN(C(=O)OC(C)(C)C)C2)cc1Cl. The first kappa shape index (κ1) is 19.5. The molecule has 1 aliphatic heterocycles. The smallest absolute Gasteiger partial charge is 0.410 e. The van der Waals surface area contributed by atoms with Crippen molar-refractivity contribution in [1.82, 2.24) is 10.2 Å². The van der Waals surface area contributed by atoms with Gasteiger partial charge in [-0.05, 0) is 38.5 Å². The lowest BCUT2D eigenvalue weighted by Gasteiger charge is -2.28. The average molecular weight is 369 g/mol. The Bertz CT molecular complexity index is 642. The second-order valence-electron chi connectivity index (χ2n) is 7.06. The van der Waals surface area contributed by atoms with E-state index in [9.17, 15) is 9.59 Å². The van der Waals surface area contributed by atoms with Gasteiger partial charge in [-0.2, -0.15) is 0 Å². The molecule has 1 heterocycles. The van der Waals surface area contributed by atoms with Crippen LogP contribution in [0.5, 0.6) is 0 Å². The zero-order valence-electron chi connectivity index (χ0n) is 15.1. The van der Waals surface area contributed by atoms with Crippen LogP contribution in [0.25, 0.3) is 0 Å². The van der Waals surface area contributed by atoms with Gasteiger partial charge < -0.3 is 19.7 Å². The Balaban J connectivity index is 2.16. The van der Waals surface area contributed by atoms with Gasteiger partial charge in [-0.1, -0.05) is 17.7 Å². The van der Waals surface area contributed by atoms with E-state index in [-0.39, 0.29) is 12.0 Å². The summed E-state index contributed by atoms with van der Waals surface area (Å²) < 4.78 is 10.2. The van der Waals surface area contributed by atoms with Crippen LogP contribution in [0.3, 0.4) is 0 Å². The molecule has 2 rings (SSSR count). The Morgan fingerprint density at radius 3 is 2.64 bits per heavy atom. The monoisotopic (exact) mass is 368 g/mol. The largest absolute Gasteiger partial charge is 0.465 e. The van der Waals surface area contributed by atoms with Gasteiger partial charge in [-0.15, -0.1) is 0 Å². The normalized spacial score (nSPS) is 18.4. The molecule has 0 radical (unpaired) electrons. The van der Waals surface area contributed by atoms with Crippen LogP contribution in [0.4, 0.5) is 4.79 Å². The number of esters is 1. The number of hydrogen-bond acceptors (Lipinski definition) is 5. The van der Waals surface area contributed by atoms with E-state index in [1.165, 1.54) is 7.11 Å². The van der Waals surface area contributed by atoms with Gasteiger partial charge in [0.05, 0.1) is 17.7 Å². The third kappa shape index (κ3) is 5.34. The zero-order chi connectivity index (χ0) is 18.6. The minimum atomic E-state index is -0.530. The molecule has 1 N–H and O–H groups in total. The quantitative estimate of drug-likeness (QED) is 0.812. The molecule has 0 spiro atoms. The van der Waals surface area contributed by atoms with Crippen LogP contribution in [-0.2, 0) is 9.47 Å². The molecule has 25 heavy (non-hydrogen) atoms. The Morgan fingerprint density at radius 1 is 1.32 bits per heavy atom. The van der Waals surface area contributed by atoms with Crippen molar-refractivity contribution in [2.45, 2.75) is 32.3 Å². The molecule has 6 nitrogen and oxygen atoms in total. The van der Waals surface area contributed by atoms with E-state index >= 15 is 0 Å². The fourth-order valence-electron chi connectivity index (χ4n) is 2.69. The number of nitrogens with one attached hydrogen (secondary N) is 1. The molecule has 1 aromatic rings. The Kier molecular flexibility index (Phi) is 6.30. The van der Waals surface area contributed by atoms with Crippen LogP contribution < -0.4 is 5.32 Å². The number of halogens is 1. The lowest BCUT2D eigenvalue weighted by atomic mass is 9.97. The molecule has 1 aliphatic rings. The van der Waals surface area contributed by atoms with Crippen molar-refractivity contribution in [2.24, 2.45) is 0 Å². The van der Waals surface area contributed by atoms with Crippen LogP contribution in [0, 0.1) is 0 Å². The van der Waals surface area contributed by atoms with E-state index in [1.54, 1.807) is 17.0 Å². The van der Waals surface area contributed by atoms with Crippen LogP contribution in [0.2, 0.25) is 5.02 Å². The Labute approximate surface area is 153 Å². The summed E-state index contributed by atoms with van der Waals surface area (Å²) in [6.07, 6.45) is -0.321. The summed E-state index contributed by atoms with van der Waals surface area (Å²) in [6, 6.07) is 5.27. The maximum Gasteiger partial charge on any atom is 0.410 e. The predicted molar refractivity (Wildman–Crippen MR) is 96.2 cm³/mol. The van der Waals surface area contributed by atoms with Crippen LogP contribution in [-0.4, -0.2) is 55.9 Å². The first-order chi connectivity index (χ1) is 11.7. The zero-order valence-corrected chi connectivity index (χ0v) is 15.9. The number of amides is 1. The highest BCUT2D eigenvalue weighted by Crippen LogP contribution is 2.25. The van der Waals surface area contributed by atoms with Gasteiger partial charge in [0, 0.05) is 32.1 Å². The molecular formula is C18H25ClN2O4. The molecule has 138 valence electrons. The summed E-state index contributed by atoms with van der Waals surface area (Å²) in [5.74, 6) is -0.412. The van der Waals surface area contributed by atoms with E-state index in [4.69, 9.17) is 21.1 Å². The van der Waals surface area contributed by atoms with Crippen molar-refractivity contribution < 1.29 is 19.1 Å². The fraction of sp³-hybridized carbons (Fsp3) is 0.556. The molecular weight excluding hydrogens is 344 g/mol. The van der Waals surface area contributed by atoms with Crippen LogP contribution >= 0.6 is 11.6 Å². The summed E-state index contributed by atoms with van der Waals surface area (Å²) >= 11 is 6.22. The van der Waals surface area contributed by atoms with Gasteiger partial charge in [0.25, 0.3) is 0 Å². The van der Waals surface area contributed by atoms with Gasteiger partial charge in [0.1, 0.15) is 5.60 Å². The Hall–Kier alpha value is -1.79. The summed E-state index contributed by atoms with van der Waals surface area (Å²) in [6.45, 7) is 8.07. The first-order valence-corrected chi connectivity index (χ1v) is 8.65. The number of nitrogens with zero attached hydrogens (tertiary/aromatic N) is 1. The molecule has 1 unspecified atom stereocenters. The number of benzene rings is 1. The van der Waals surface area contributed by atoms with Crippen molar-refractivity contribution in [2.75, 3.05) is 33.3 Å². The van der Waals surface area contributed by atoms with Gasteiger partial charge in [0.15, 0.2) is 0 Å². The van der Waals surface area contributed by atoms with E-state index in [0.29, 0.717) is 36.8 Å². The summed E-state index contributed by atoms with van der Waals surface area (Å²) in [4.78, 5) is 25.8. The summed E-state index contributed by atoms with van der Waals surface area (Å²) in [7, 11) is 1.32. The number of methoxy groups -OCH3 is 1. The molecule has 1 atom stereocenters. The second kappa shape index (κ2) is 8.06. The molecule has 1 fully saturated rings. The number of hydrogen-bond donors (Lipinski definition) is 1. The third-order valence-electron chi connectivity index (χ3n) is 3.91. The molecule has 0 aromatic heterocycles. The maximum atomic E-state index is 12.4. The van der Waals surface area contributed by atoms with Crippen molar-refractivity contribution in [1.29, 1.82) is 0 Å². The lowest BCUT2D eigenvalue weighted by molar-refractivity contribution is 0.0254. The molecule has 0 bridgehead atoms. The molecule has 7 heteroatoms. The molecule has 0 saturated carbocycles. The highest BCUT2D eigenvalue weighted by molar-refractivity contribution is 6.33. The Morgan fingerprint density at radius 2 is 2.04 bits per heavy atom. The van der Waals surface area contributed by atoms with Gasteiger partial charge in [-0.3, -0.25) is 0 Å². The molecule has 1 aromatic carbocycles. The van der Waals surface area contributed by atoms with Gasteiger partial charge in [-0.25, -0.2) is 9.59 Å². The molecule has 1 amide bonds. The van der Waals surface area contributed by atoms with Crippen molar-refractivity contribution >= 4 is 23.7 Å². The van der Waals surface area contributed by atoms with Crippen molar-refractivity contribution in [3.63, 3.8) is 0 Å². The van der Waals surface area contributed by atoms with Gasteiger partial charge in [0.2, 0.25) is 0 Å². The minimum absolute atomic E-state index is 0.0548. The highest BCUT2D eigenvalue weighted by atomic mass is 35.5. The maximum absolute atomic E-state index is 12.4. The first-order valence-electron chi connectivity index (χ1n) is 8.27. The second-order valence-corrected chi connectivity index (χ2v) is 7.47. The molecule has 1 saturated heterocycles. The number of ether oxygens (including phenoxy) is 2. The van der Waals surface area contributed by atoms with Crippen LogP contribution in [0.1, 0.15) is 42.6 Å².